The summed E-state index contributed by atoms with van der Waals surface area (Å²) in [6, 6.07) is 6.90. The second kappa shape index (κ2) is 10.2. The maximum atomic E-state index is 14.6. The zero-order valence-electron chi connectivity index (χ0n) is 19.5. The first-order valence-electron chi connectivity index (χ1n) is 10.9. The van der Waals surface area contributed by atoms with Gasteiger partial charge in [0.15, 0.2) is 0 Å². The van der Waals surface area contributed by atoms with Crippen molar-refractivity contribution < 1.29 is 31.9 Å². The van der Waals surface area contributed by atoms with E-state index in [0.29, 0.717) is 6.20 Å². The number of fused-ring (bicyclic) bond motifs is 1. The zero-order chi connectivity index (χ0) is 27.6. The number of nitrogens with zero attached hydrogens (tertiary/aromatic N) is 3. The molecule has 1 aromatic carbocycles. The lowest BCUT2D eigenvalue weighted by Crippen LogP contribution is -2.23. The number of carbonyl (C=O) groups is 1. The quantitative estimate of drug-likeness (QED) is 0.312. The summed E-state index contributed by atoms with van der Waals surface area (Å²) >= 11 is 0. The van der Waals surface area contributed by atoms with Gasteiger partial charge in [0.1, 0.15) is 17.2 Å². The predicted molar refractivity (Wildman–Crippen MR) is 126 cm³/mol. The molecule has 4 aromatic rings. The fourth-order valence-electron chi connectivity index (χ4n) is 3.94. The molecular formula is C27H16F5N3O3. The lowest BCUT2D eigenvalue weighted by molar-refractivity contribution is -0.136. The largest absolute Gasteiger partial charge is 0.478 e. The van der Waals surface area contributed by atoms with Crippen molar-refractivity contribution in [2.75, 3.05) is 0 Å². The number of alkyl halides is 3. The second-order valence-electron chi connectivity index (χ2n) is 8.11. The van der Waals surface area contributed by atoms with Gasteiger partial charge in [-0.05, 0) is 53.7 Å². The molecule has 3 aromatic heterocycles. The van der Waals surface area contributed by atoms with E-state index in [1.54, 1.807) is 6.07 Å². The molecule has 0 saturated heterocycles. The molecule has 0 aliphatic rings. The van der Waals surface area contributed by atoms with E-state index in [2.05, 4.69) is 28.8 Å². The number of hydrogen-bond acceptors (Lipinski definition) is 3. The van der Waals surface area contributed by atoms with Gasteiger partial charge in [-0.3, -0.25) is 4.79 Å². The molecular weight excluding hydrogens is 509 g/mol. The van der Waals surface area contributed by atoms with E-state index in [1.807, 2.05) is 0 Å². The van der Waals surface area contributed by atoms with Crippen molar-refractivity contribution in [1.82, 2.24) is 14.2 Å². The smallest absolute Gasteiger partial charge is 0.420 e. The Labute approximate surface area is 212 Å². The first-order chi connectivity index (χ1) is 18.0. The third kappa shape index (κ3) is 5.13. The van der Waals surface area contributed by atoms with Crippen LogP contribution in [0.4, 0.5) is 22.0 Å². The van der Waals surface area contributed by atoms with Crippen molar-refractivity contribution in [2.24, 2.45) is 7.05 Å². The van der Waals surface area contributed by atoms with Crippen LogP contribution >= 0.6 is 0 Å². The number of benzene rings is 1. The molecule has 1 N–H and O–H groups in total. The van der Waals surface area contributed by atoms with Crippen LogP contribution in [0.25, 0.3) is 5.52 Å². The van der Waals surface area contributed by atoms with Crippen LogP contribution in [0.1, 0.15) is 45.0 Å². The van der Waals surface area contributed by atoms with Crippen LogP contribution < -0.4 is 5.56 Å². The van der Waals surface area contributed by atoms with Crippen LogP contribution in [0.2, 0.25) is 0 Å². The Kier molecular flexibility index (Phi) is 7.04. The minimum absolute atomic E-state index is 0.109. The molecule has 0 amide bonds. The Balaban J connectivity index is 1.78. The van der Waals surface area contributed by atoms with Gasteiger partial charge in [0.2, 0.25) is 0 Å². The molecule has 0 aliphatic heterocycles. The van der Waals surface area contributed by atoms with Crippen molar-refractivity contribution in [3.63, 3.8) is 0 Å². The average Bonchev–Trinajstić information content (AvgIpc) is 3.30. The summed E-state index contributed by atoms with van der Waals surface area (Å²) in [6.07, 6.45) is -1.87. The molecule has 0 aliphatic carbocycles. The summed E-state index contributed by atoms with van der Waals surface area (Å²) in [5, 5.41) is 13.1. The number of rotatable bonds is 4. The Bertz CT molecular complexity index is 1750. The summed E-state index contributed by atoms with van der Waals surface area (Å²) in [4.78, 5) is 24.3. The number of aromatic nitrogens is 3. The van der Waals surface area contributed by atoms with Crippen LogP contribution in [-0.2, 0) is 13.2 Å². The molecule has 0 bridgehead atoms. The molecule has 3 heterocycles. The van der Waals surface area contributed by atoms with Crippen molar-refractivity contribution >= 4 is 11.5 Å². The standard InChI is InChI=1S/C27H16F5N3O3/c1-34-12-5-8-19(25(34)36)17(21-14-16(28)9-10-23(21)29)6-3-2-4-7-18-20(26(37)38)11-13-35-24(18)22(15-33-35)27(30,31)32/h5,8-15,17H,6H2,1H3,(H,37,38). The fraction of sp³-hybridized carbons (Fsp3) is 0.148. The maximum Gasteiger partial charge on any atom is 0.420 e. The molecule has 0 fully saturated rings. The molecule has 0 spiro atoms. The van der Waals surface area contributed by atoms with Crippen LogP contribution in [0.3, 0.4) is 0 Å². The number of halogens is 5. The molecule has 0 radical (unpaired) electrons. The van der Waals surface area contributed by atoms with Gasteiger partial charge in [-0.1, -0.05) is 12.0 Å². The topological polar surface area (TPSA) is 76.6 Å². The molecule has 38 heavy (non-hydrogen) atoms. The molecule has 11 heteroatoms. The number of carboxylic acid groups (broad SMARTS) is 1. The number of aryl methyl sites for hydroxylation is 1. The molecule has 0 saturated carbocycles. The lowest BCUT2D eigenvalue weighted by Gasteiger charge is -2.16. The van der Waals surface area contributed by atoms with Crippen molar-refractivity contribution in [3.8, 4) is 23.7 Å². The van der Waals surface area contributed by atoms with E-state index in [4.69, 9.17) is 0 Å². The van der Waals surface area contributed by atoms with E-state index < -0.39 is 57.5 Å². The average molecular weight is 525 g/mol. The highest BCUT2D eigenvalue weighted by atomic mass is 19.4. The van der Waals surface area contributed by atoms with Crippen LogP contribution in [0, 0.1) is 35.3 Å². The molecule has 4 rings (SSSR count). The van der Waals surface area contributed by atoms with E-state index in [-0.39, 0.29) is 17.5 Å². The third-order valence-corrected chi connectivity index (χ3v) is 5.73. The van der Waals surface area contributed by atoms with Gasteiger partial charge in [-0.25, -0.2) is 18.1 Å². The first kappa shape index (κ1) is 26.2. The summed E-state index contributed by atoms with van der Waals surface area (Å²) in [5.74, 6) is 5.78. The Morgan fingerprint density at radius 3 is 2.58 bits per heavy atom. The molecule has 6 nitrogen and oxygen atoms in total. The van der Waals surface area contributed by atoms with E-state index >= 15 is 0 Å². The number of hydrogen-bond donors (Lipinski definition) is 1. The summed E-state index contributed by atoms with van der Waals surface area (Å²) in [7, 11) is 1.49. The van der Waals surface area contributed by atoms with Crippen molar-refractivity contribution in [1.29, 1.82) is 0 Å². The highest BCUT2D eigenvalue weighted by Crippen LogP contribution is 2.34. The second-order valence-corrected chi connectivity index (χ2v) is 8.11. The molecule has 1 atom stereocenters. The van der Waals surface area contributed by atoms with Crippen molar-refractivity contribution in [2.45, 2.75) is 18.5 Å². The van der Waals surface area contributed by atoms with Gasteiger partial charge in [-0.15, -0.1) is 0 Å². The fourth-order valence-corrected chi connectivity index (χ4v) is 3.94. The molecule has 192 valence electrons. The van der Waals surface area contributed by atoms with Crippen LogP contribution in [0.5, 0.6) is 0 Å². The number of aromatic carboxylic acids is 1. The SMILES string of the molecule is Cn1cccc(C(CC#CC#Cc2c(C(=O)O)ccn3ncc(C(F)(F)F)c23)c2cc(F)ccc2F)c1=O. The van der Waals surface area contributed by atoms with Gasteiger partial charge < -0.3 is 9.67 Å². The van der Waals surface area contributed by atoms with Crippen LogP contribution in [-0.4, -0.2) is 25.3 Å². The monoisotopic (exact) mass is 525 g/mol. The Hall–Kier alpha value is -4.90. The molecule has 1 unspecified atom stereocenters. The normalized spacial score (nSPS) is 11.8. The third-order valence-electron chi connectivity index (χ3n) is 5.73. The van der Waals surface area contributed by atoms with Gasteiger partial charge >= 0.3 is 12.1 Å². The van der Waals surface area contributed by atoms with Gasteiger partial charge in [-0.2, -0.15) is 18.3 Å². The lowest BCUT2D eigenvalue weighted by atomic mass is 9.89. The van der Waals surface area contributed by atoms with E-state index in [1.165, 1.54) is 23.9 Å². The minimum Gasteiger partial charge on any atom is -0.478 e. The van der Waals surface area contributed by atoms with E-state index in [0.717, 1.165) is 35.0 Å². The number of pyridine rings is 2. The summed E-state index contributed by atoms with van der Waals surface area (Å²) in [6.45, 7) is 0. The Morgan fingerprint density at radius 1 is 1.11 bits per heavy atom. The van der Waals surface area contributed by atoms with Crippen LogP contribution in [0.15, 0.2) is 59.8 Å². The number of carboxylic acids is 1. The summed E-state index contributed by atoms with van der Waals surface area (Å²) in [5.41, 5.74) is -3.05. The van der Waals surface area contributed by atoms with Gasteiger partial charge in [0, 0.05) is 37.3 Å². The van der Waals surface area contributed by atoms with Gasteiger partial charge in [0.05, 0.1) is 22.8 Å². The first-order valence-corrected chi connectivity index (χ1v) is 10.9. The highest BCUT2D eigenvalue weighted by Gasteiger charge is 2.36. The predicted octanol–water partition coefficient (Wildman–Crippen LogP) is 4.61. The van der Waals surface area contributed by atoms with E-state index in [9.17, 15) is 36.6 Å². The van der Waals surface area contributed by atoms with Gasteiger partial charge in [0.25, 0.3) is 5.56 Å². The highest BCUT2D eigenvalue weighted by molar-refractivity contribution is 5.94. The minimum atomic E-state index is -4.81. The maximum absolute atomic E-state index is 14.6. The Morgan fingerprint density at radius 2 is 1.87 bits per heavy atom. The summed E-state index contributed by atoms with van der Waals surface area (Å²) < 4.78 is 71.1. The van der Waals surface area contributed by atoms with Crippen molar-refractivity contribution in [3.05, 3.63) is 105 Å². The zero-order valence-corrected chi connectivity index (χ0v) is 19.5.